The van der Waals surface area contributed by atoms with Crippen molar-refractivity contribution in [1.82, 2.24) is 20.1 Å². The molecule has 3 rings (SSSR count). The lowest BCUT2D eigenvalue weighted by atomic mass is 10.2. The summed E-state index contributed by atoms with van der Waals surface area (Å²) in [5.74, 6) is 0.913. The van der Waals surface area contributed by atoms with Crippen molar-refractivity contribution in [3.8, 4) is 0 Å². The molecule has 118 valence electrons. The predicted octanol–water partition coefficient (Wildman–Crippen LogP) is 2.20. The van der Waals surface area contributed by atoms with Crippen LogP contribution < -0.4 is 5.32 Å². The van der Waals surface area contributed by atoms with E-state index < -0.39 is 5.82 Å². The molecule has 1 aliphatic rings. The standard InChI is InChI=1S/C14H18FN5O2/c1-3-10-12(15)13(18-7-17-10)16-6-9-4-5-11(21-9)14-19-8(2)20-22-14/h7,9,11H,3-6H2,1-2H3,(H,16,17,18)/t9-,11+/m1/s1. The van der Waals surface area contributed by atoms with Gasteiger partial charge in [-0.05, 0) is 26.2 Å². The minimum atomic E-state index is -0.396. The van der Waals surface area contributed by atoms with Crippen LogP contribution in [0.25, 0.3) is 0 Å². The van der Waals surface area contributed by atoms with Crippen molar-refractivity contribution in [2.24, 2.45) is 0 Å². The van der Waals surface area contributed by atoms with Gasteiger partial charge in [-0.3, -0.25) is 0 Å². The summed E-state index contributed by atoms with van der Waals surface area (Å²) >= 11 is 0. The van der Waals surface area contributed by atoms with Crippen LogP contribution >= 0.6 is 0 Å². The highest BCUT2D eigenvalue weighted by Crippen LogP contribution is 2.31. The molecule has 1 saturated heterocycles. The van der Waals surface area contributed by atoms with E-state index in [4.69, 9.17) is 9.26 Å². The van der Waals surface area contributed by atoms with E-state index >= 15 is 0 Å². The zero-order valence-corrected chi connectivity index (χ0v) is 12.5. The highest BCUT2D eigenvalue weighted by atomic mass is 19.1. The SMILES string of the molecule is CCc1ncnc(NC[C@H]2CC[C@@H](c3nc(C)no3)O2)c1F. The van der Waals surface area contributed by atoms with Crippen molar-refractivity contribution in [3.05, 3.63) is 29.6 Å². The van der Waals surface area contributed by atoms with Crippen LogP contribution in [0.15, 0.2) is 10.9 Å². The number of ether oxygens (including phenoxy) is 1. The molecular weight excluding hydrogens is 289 g/mol. The molecule has 22 heavy (non-hydrogen) atoms. The molecule has 0 aromatic carbocycles. The molecule has 8 heteroatoms. The van der Waals surface area contributed by atoms with Gasteiger partial charge in [-0.2, -0.15) is 4.98 Å². The zero-order chi connectivity index (χ0) is 15.5. The van der Waals surface area contributed by atoms with Crippen LogP contribution in [0.3, 0.4) is 0 Å². The lowest BCUT2D eigenvalue weighted by Crippen LogP contribution is -2.20. The smallest absolute Gasteiger partial charge is 0.255 e. The third kappa shape index (κ3) is 3.06. The third-order valence-corrected chi connectivity index (χ3v) is 3.62. The number of anilines is 1. The molecule has 0 bridgehead atoms. The van der Waals surface area contributed by atoms with Gasteiger partial charge in [0.05, 0.1) is 11.8 Å². The van der Waals surface area contributed by atoms with Crippen molar-refractivity contribution >= 4 is 5.82 Å². The maximum absolute atomic E-state index is 14.0. The van der Waals surface area contributed by atoms with E-state index in [1.54, 1.807) is 6.92 Å². The van der Waals surface area contributed by atoms with E-state index in [-0.39, 0.29) is 18.0 Å². The molecule has 2 aromatic heterocycles. The second-order valence-corrected chi connectivity index (χ2v) is 5.22. The Morgan fingerprint density at radius 2 is 2.23 bits per heavy atom. The van der Waals surface area contributed by atoms with Crippen LogP contribution in [0.4, 0.5) is 10.2 Å². The number of aryl methyl sites for hydroxylation is 2. The molecule has 2 atom stereocenters. The van der Waals surface area contributed by atoms with E-state index in [9.17, 15) is 4.39 Å². The molecule has 3 heterocycles. The highest BCUT2D eigenvalue weighted by Gasteiger charge is 2.30. The molecule has 0 saturated carbocycles. The van der Waals surface area contributed by atoms with Gasteiger partial charge < -0.3 is 14.6 Å². The van der Waals surface area contributed by atoms with Crippen LogP contribution in [0.5, 0.6) is 0 Å². The van der Waals surface area contributed by atoms with Crippen LogP contribution in [0, 0.1) is 12.7 Å². The second kappa shape index (κ2) is 6.35. The largest absolute Gasteiger partial charge is 0.365 e. The van der Waals surface area contributed by atoms with Gasteiger partial charge in [-0.25, -0.2) is 14.4 Å². The molecule has 0 amide bonds. The molecular formula is C14H18FN5O2. The lowest BCUT2D eigenvalue weighted by Gasteiger charge is -2.13. The molecule has 0 aliphatic carbocycles. The molecule has 0 unspecified atom stereocenters. The average Bonchev–Trinajstić information content (AvgIpc) is 3.15. The normalized spacial score (nSPS) is 21.2. The number of aromatic nitrogens is 4. The summed E-state index contributed by atoms with van der Waals surface area (Å²) in [5.41, 5.74) is 0.407. The van der Waals surface area contributed by atoms with Gasteiger partial charge in [0.25, 0.3) is 5.89 Å². The molecule has 1 N–H and O–H groups in total. The quantitative estimate of drug-likeness (QED) is 0.906. The molecule has 1 aliphatic heterocycles. The topological polar surface area (TPSA) is 86.0 Å². The minimum absolute atomic E-state index is 0.0448. The van der Waals surface area contributed by atoms with E-state index in [0.717, 1.165) is 12.8 Å². The highest BCUT2D eigenvalue weighted by molar-refractivity contribution is 5.37. The summed E-state index contributed by atoms with van der Waals surface area (Å²) in [7, 11) is 0. The average molecular weight is 307 g/mol. The van der Waals surface area contributed by atoms with E-state index in [1.807, 2.05) is 6.92 Å². The molecule has 0 radical (unpaired) electrons. The van der Waals surface area contributed by atoms with Crippen molar-refractivity contribution in [2.75, 3.05) is 11.9 Å². The minimum Gasteiger partial charge on any atom is -0.365 e. The van der Waals surface area contributed by atoms with E-state index in [1.165, 1.54) is 6.33 Å². The Kier molecular flexibility index (Phi) is 4.28. The second-order valence-electron chi connectivity index (χ2n) is 5.22. The lowest BCUT2D eigenvalue weighted by molar-refractivity contribution is 0.0326. The van der Waals surface area contributed by atoms with E-state index in [2.05, 4.69) is 25.4 Å². The van der Waals surface area contributed by atoms with Gasteiger partial charge >= 0.3 is 0 Å². The Labute approximate surface area is 127 Å². The fourth-order valence-electron chi connectivity index (χ4n) is 2.47. The maximum Gasteiger partial charge on any atom is 0.255 e. The van der Waals surface area contributed by atoms with Crippen LogP contribution in [-0.4, -0.2) is 32.8 Å². The van der Waals surface area contributed by atoms with Gasteiger partial charge in [0.2, 0.25) is 0 Å². The Morgan fingerprint density at radius 3 is 2.95 bits per heavy atom. The number of nitrogens with one attached hydrogen (secondary N) is 1. The van der Waals surface area contributed by atoms with Crippen LogP contribution in [-0.2, 0) is 11.2 Å². The summed E-state index contributed by atoms with van der Waals surface area (Å²) in [4.78, 5) is 12.0. The summed E-state index contributed by atoms with van der Waals surface area (Å²) < 4.78 is 25.0. The summed E-state index contributed by atoms with van der Waals surface area (Å²) in [6, 6.07) is 0. The van der Waals surface area contributed by atoms with Crippen molar-refractivity contribution in [2.45, 2.75) is 45.3 Å². The number of hydrogen-bond donors (Lipinski definition) is 1. The van der Waals surface area contributed by atoms with Gasteiger partial charge in [0.15, 0.2) is 17.5 Å². The first kappa shape index (κ1) is 14.8. The summed E-state index contributed by atoms with van der Waals surface area (Å²) in [5, 5.41) is 6.75. The Hall–Kier alpha value is -2.09. The zero-order valence-electron chi connectivity index (χ0n) is 12.5. The molecule has 1 fully saturated rings. The fourth-order valence-corrected chi connectivity index (χ4v) is 2.47. The Balaban J connectivity index is 1.57. The Bertz CT molecular complexity index is 648. The first-order valence-corrected chi connectivity index (χ1v) is 7.36. The van der Waals surface area contributed by atoms with Gasteiger partial charge in [0, 0.05) is 6.54 Å². The molecule has 0 spiro atoms. The van der Waals surface area contributed by atoms with Gasteiger partial charge in [-0.1, -0.05) is 12.1 Å². The summed E-state index contributed by atoms with van der Waals surface area (Å²) in [6.07, 6.45) is 3.31. The van der Waals surface area contributed by atoms with Crippen LogP contribution in [0.2, 0.25) is 0 Å². The molecule has 2 aromatic rings. The number of rotatable bonds is 5. The first-order valence-electron chi connectivity index (χ1n) is 7.36. The maximum atomic E-state index is 14.0. The van der Waals surface area contributed by atoms with Crippen molar-refractivity contribution in [1.29, 1.82) is 0 Å². The fraction of sp³-hybridized carbons (Fsp3) is 0.571. The number of nitrogens with zero attached hydrogens (tertiary/aromatic N) is 4. The van der Waals surface area contributed by atoms with Crippen LogP contribution in [0.1, 0.15) is 43.3 Å². The first-order chi connectivity index (χ1) is 10.7. The Morgan fingerprint density at radius 1 is 1.36 bits per heavy atom. The number of hydrogen-bond acceptors (Lipinski definition) is 7. The summed E-state index contributed by atoms with van der Waals surface area (Å²) in [6.45, 7) is 4.09. The van der Waals surface area contributed by atoms with Gasteiger partial charge in [0.1, 0.15) is 12.4 Å². The van der Waals surface area contributed by atoms with Crippen molar-refractivity contribution in [3.63, 3.8) is 0 Å². The molecule has 7 nitrogen and oxygen atoms in total. The number of halogens is 1. The van der Waals surface area contributed by atoms with E-state index in [0.29, 0.717) is 30.4 Å². The monoisotopic (exact) mass is 307 g/mol. The van der Waals surface area contributed by atoms with Crippen molar-refractivity contribution < 1.29 is 13.7 Å². The van der Waals surface area contributed by atoms with Gasteiger partial charge in [-0.15, -0.1) is 0 Å². The predicted molar refractivity (Wildman–Crippen MR) is 75.7 cm³/mol. The third-order valence-electron chi connectivity index (χ3n) is 3.62.